The topological polar surface area (TPSA) is 167 Å². The summed E-state index contributed by atoms with van der Waals surface area (Å²) in [5.74, 6) is -1.35. The van der Waals surface area contributed by atoms with Gasteiger partial charge in [-0.1, -0.05) is 39.0 Å². The van der Waals surface area contributed by atoms with Gasteiger partial charge in [0.2, 0.25) is 21.8 Å². The van der Waals surface area contributed by atoms with E-state index in [1.54, 1.807) is 34.8 Å². The first-order valence-corrected chi connectivity index (χ1v) is 23.4. The summed E-state index contributed by atoms with van der Waals surface area (Å²) in [6.07, 6.45) is 10.7. The Balaban J connectivity index is 1.14. The summed E-state index contributed by atoms with van der Waals surface area (Å²) in [5, 5.41) is 0.593. The Bertz CT molecular complexity index is 2090. The smallest absolute Gasteiger partial charge is 0.306 e. The van der Waals surface area contributed by atoms with Gasteiger partial charge in [-0.2, -0.15) is 0 Å². The van der Waals surface area contributed by atoms with Crippen LogP contribution in [0.4, 0.5) is 0 Å². The van der Waals surface area contributed by atoms with Crippen molar-refractivity contribution in [2.45, 2.75) is 153 Å². The van der Waals surface area contributed by atoms with Gasteiger partial charge in [0.25, 0.3) is 5.56 Å². The molecule has 1 N–H and O–H groups in total. The number of hydrogen-bond donors (Lipinski definition) is 1. The highest BCUT2D eigenvalue weighted by molar-refractivity contribution is 7.90. The lowest BCUT2D eigenvalue weighted by molar-refractivity contribution is -0.156. The van der Waals surface area contributed by atoms with Crippen LogP contribution in [-0.2, 0) is 40.5 Å². The number of fused-ring (bicyclic) bond motifs is 5. The van der Waals surface area contributed by atoms with Gasteiger partial charge in [-0.15, -0.1) is 0 Å². The standard InChI is InChI=1S/C44H59N3O10S/c1-3-30-24-44(30,43(52)45-58(53,54)33-16-17-33)25-37(48)36-22-32-26-47(36)42(51)35(27-10-6-7-11-27)23-40(49)57-38-14-9-13-28(38)12-5-4-8-19-46-39(56-32)21-29-20-31(55-2)15-18-34(29)41(46)50/h15,18,20-21,27-28,30,32-33,35-36,38H,3-14,16-17,19,22-26H2,1-2H3,(H,45,52)/t28-,30-,32-,35+,36+,38-,44-/m1/s1. The van der Waals surface area contributed by atoms with Crippen molar-refractivity contribution in [3.63, 3.8) is 0 Å². The molecule has 1 aromatic carbocycles. The molecule has 3 heterocycles. The molecule has 316 valence electrons. The summed E-state index contributed by atoms with van der Waals surface area (Å²) in [6.45, 7) is 2.39. The number of nitrogens with one attached hydrogen (secondary N) is 1. The summed E-state index contributed by atoms with van der Waals surface area (Å²) < 4.78 is 48.1. The molecule has 0 unspecified atom stereocenters. The maximum absolute atomic E-state index is 15.0. The van der Waals surface area contributed by atoms with E-state index in [-0.39, 0.29) is 72.9 Å². The fraction of sp³-hybridized carbons (Fsp3) is 0.705. The van der Waals surface area contributed by atoms with Crippen LogP contribution in [0.5, 0.6) is 11.6 Å². The van der Waals surface area contributed by atoms with Gasteiger partial charge in [0.05, 0.1) is 42.7 Å². The molecule has 6 aliphatic rings. The number of sulfonamides is 1. The molecule has 0 spiro atoms. The minimum absolute atomic E-state index is 0.0426. The predicted octanol–water partition coefficient (Wildman–Crippen LogP) is 5.82. The van der Waals surface area contributed by atoms with Crippen LogP contribution >= 0.6 is 0 Å². The summed E-state index contributed by atoms with van der Waals surface area (Å²) in [6, 6.07) is 6.17. The van der Waals surface area contributed by atoms with Gasteiger partial charge >= 0.3 is 5.97 Å². The number of Topliss-reactive ketones (excluding diaryl/α,β-unsaturated/α-hetero) is 1. The Morgan fingerprint density at radius 1 is 0.914 bits per heavy atom. The summed E-state index contributed by atoms with van der Waals surface area (Å²) in [5.41, 5.74) is -1.38. The number of esters is 1. The van der Waals surface area contributed by atoms with Crippen molar-refractivity contribution in [3.8, 4) is 11.6 Å². The highest BCUT2D eigenvalue weighted by Crippen LogP contribution is 2.58. The first-order chi connectivity index (χ1) is 27.9. The molecule has 4 aliphatic carbocycles. The maximum atomic E-state index is 15.0. The van der Waals surface area contributed by atoms with Gasteiger partial charge in [0, 0.05) is 30.8 Å². The number of carbonyl (C=O) groups is 4. The average Bonchev–Trinajstić information content (AvgIpc) is 3.99. The lowest BCUT2D eigenvalue weighted by atomic mass is 9.86. The Labute approximate surface area is 340 Å². The van der Waals surface area contributed by atoms with Gasteiger partial charge in [-0.3, -0.25) is 33.3 Å². The van der Waals surface area contributed by atoms with Crippen molar-refractivity contribution in [3.05, 3.63) is 34.6 Å². The SMILES string of the molecule is CC[C@@H]1C[C@]1(CC(=O)[C@@H]1C[C@@H]2CN1C(=O)[C@H](C1CCCC1)CC(=O)O[C@@H]1CCC[C@H]1CCCCCn1c(cc3cc(OC)ccc3c1=O)O2)C(=O)NS(=O)(=O)C1CC1. The van der Waals surface area contributed by atoms with Gasteiger partial charge < -0.3 is 19.1 Å². The van der Waals surface area contributed by atoms with E-state index in [0.29, 0.717) is 54.6 Å². The van der Waals surface area contributed by atoms with E-state index < -0.39 is 44.7 Å². The van der Waals surface area contributed by atoms with Crippen LogP contribution in [-0.4, -0.2) is 78.6 Å². The molecule has 7 atom stereocenters. The molecule has 8 rings (SSSR count). The highest BCUT2D eigenvalue weighted by Gasteiger charge is 2.62. The Morgan fingerprint density at radius 2 is 1.66 bits per heavy atom. The molecule has 0 radical (unpaired) electrons. The third-order valence-corrected chi connectivity index (χ3v) is 16.2. The molecule has 2 aliphatic heterocycles. The number of amides is 2. The van der Waals surface area contributed by atoms with Crippen molar-refractivity contribution in [1.82, 2.24) is 14.2 Å². The number of rotatable bonds is 9. The fourth-order valence-corrected chi connectivity index (χ4v) is 12.1. The van der Waals surface area contributed by atoms with E-state index >= 15 is 4.79 Å². The van der Waals surface area contributed by atoms with Crippen LogP contribution in [0.2, 0.25) is 0 Å². The average molecular weight is 822 g/mol. The van der Waals surface area contributed by atoms with Crippen molar-refractivity contribution >= 4 is 44.4 Å². The van der Waals surface area contributed by atoms with E-state index in [2.05, 4.69) is 4.72 Å². The second-order valence-electron chi connectivity index (χ2n) is 18.1. The Hall–Kier alpha value is -3.94. The van der Waals surface area contributed by atoms with E-state index in [9.17, 15) is 27.6 Å². The monoisotopic (exact) mass is 821 g/mol. The second kappa shape index (κ2) is 16.6. The molecule has 1 saturated heterocycles. The Morgan fingerprint density at radius 3 is 2.38 bits per heavy atom. The van der Waals surface area contributed by atoms with Crippen LogP contribution in [0, 0.1) is 29.1 Å². The minimum Gasteiger partial charge on any atom is -0.497 e. The van der Waals surface area contributed by atoms with Crippen molar-refractivity contribution < 1.29 is 41.8 Å². The van der Waals surface area contributed by atoms with Crippen molar-refractivity contribution in [2.24, 2.45) is 29.1 Å². The zero-order chi connectivity index (χ0) is 40.8. The van der Waals surface area contributed by atoms with Crippen LogP contribution in [0.25, 0.3) is 10.8 Å². The van der Waals surface area contributed by atoms with E-state index in [0.717, 1.165) is 70.6 Å². The lowest BCUT2D eigenvalue weighted by Gasteiger charge is -2.31. The normalized spacial score (nSPS) is 31.1. The van der Waals surface area contributed by atoms with Crippen molar-refractivity contribution in [1.29, 1.82) is 0 Å². The number of hydrogen-bond acceptors (Lipinski definition) is 10. The van der Waals surface area contributed by atoms with E-state index in [1.807, 2.05) is 13.0 Å². The van der Waals surface area contributed by atoms with Crippen LogP contribution in [0.15, 0.2) is 29.1 Å². The molecule has 5 fully saturated rings. The first kappa shape index (κ1) is 40.8. The molecule has 14 heteroatoms. The first-order valence-electron chi connectivity index (χ1n) is 21.9. The highest BCUT2D eigenvalue weighted by atomic mass is 32.2. The number of methoxy groups -OCH3 is 1. The van der Waals surface area contributed by atoms with Gasteiger partial charge in [0.1, 0.15) is 18.0 Å². The van der Waals surface area contributed by atoms with Crippen LogP contribution in [0.1, 0.15) is 122 Å². The predicted molar refractivity (Wildman–Crippen MR) is 216 cm³/mol. The van der Waals surface area contributed by atoms with E-state index in [4.69, 9.17) is 14.2 Å². The molecular weight excluding hydrogens is 763 g/mol. The zero-order valence-electron chi connectivity index (χ0n) is 34.0. The van der Waals surface area contributed by atoms with Gasteiger partial charge in [-0.05, 0) is 106 Å². The molecule has 58 heavy (non-hydrogen) atoms. The van der Waals surface area contributed by atoms with Crippen LogP contribution < -0.4 is 19.8 Å². The van der Waals surface area contributed by atoms with Crippen molar-refractivity contribution in [2.75, 3.05) is 13.7 Å². The fourth-order valence-electron chi connectivity index (χ4n) is 10.7. The van der Waals surface area contributed by atoms with Gasteiger partial charge in [-0.25, -0.2) is 8.42 Å². The van der Waals surface area contributed by atoms with Gasteiger partial charge in [0.15, 0.2) is 11.7 Å². The molecule has 13 nitrogen and oxygen atoms in total. The minimum atomic E-state index is -3.83. The zero-order valence-corrected chi connectivity index (χ0v) is 34.8. The largest absolute Gasteiger partial charge is 0.497 e. The summed E-state index contributed by atoms with van der Waals surface area (Å²) >= 11 is 0. The molecule has 2 amide bonds. The molecule has 2 aromatic rings. The Kier molecular flexibility index (Phi) is 11.7. The van der Waals surface area contributed by atoms with Crippen LogP contribution in [0.3, 0.4) is 0 Å². The molecule has 1 aromatic heterocycles. The number of ketones is 1. The quantitative estimate of drug-likeness (QED) is 0.305. The maximum Gasteiger partial charge on any atom is 0.306 e. The number of nitrogens with zero attached hydrogens (tertiary/aromatic N) is 2. The molecular formula is C44H59N3O10S. The second-order valence-corrected chi connectivity index (χ2v) is 20.0. The number of pyridine rings is 1. The lowest BCUT2D eigenvalue weighted by Crippen LogP contribution is -2.47. The summed E-state index contributed by atoms with van der Waals surface area (Å²) in [7, 11) is -2.27. The van der Waals surface area contributed by atoms with E-state index in [1.165, 1.54) is 0 Å². The summed E-state index contributed by atoms with van der Waals surface area (Å²) in [4.78, 5) is 72.9. The molecule has 4 saturated carbocycles. The number of aromatic nitrogens is 1. The number of ether oxygens (including phenoxy) is 3. The molecule has 2 bridgehead atoms. The number of carbonyl (C=O) groups excluding carboxylic acids is 4. The third kappa shape index (κ3) is 8.28. The third-order valence-electron chi connectivity index (χ3n) is 14.4. The number of benzene rings is 1.